The van der Waals surface area contributed by atoms with E-state index in [1.165, 1.54) is 6.42 Å². The van der Waals surface area contributed by atoms with Crippen LogP contribution in [0.3, 0.4) is 0 Å². The van der Waals surface area contributed by atoms with Crippen LogP contribution >= 0.6 is 11.6 Å². The van der Waals surface area contributed by atoms with Gasteiger partial charge in [0.05, 0.1) is 0 Å². The molecular weight excluding hydrogens is 148 g/mol. The summed E-state index contributed by atoms with van der Waals surface area (Å²) in [5.74, 6) is 0. The Hall–Kier alpha value is -0.0400. The van der Waals surface area contributed by atoms with Crippen LogP contribution in [0, 0.1) is 10.8 Å². The quantitative estimate of drug-likeness (QED) is 0.564. The highest BCUT2D eigenvalue weighted by Gasteiger charge is 2.69. The molecule has 0 aliphatic heterocycles. The number of rotatable bonds is 2. The third-order valence-corrected chi connectivity index (χ3v) is 3.71. The fraction of sp³-hybridized carbons (Fsp3) is 0.875. The van der Waals surface area contributed by atoms with E-state index in [1.807, 2.05) is 0 Å². The van der Waals surface area contributed by atoms with Crippen LogP contribution in [-0.2, 0) is 4.79 Å². The van der Waals surface area contributed by atoms with Crippen LogP contribution in [-0.4, -0.2) is 5.24 Å². The molecule has 3 aliphatic rings. The first-order chi connectivity index (χ1) is 4.63. The average Bonchev–Trinajstić information content (AvgIpc) is 1.57. The molecule has 0 aromatic rings. The minimum absolute atomic E-state index is 0.0441. The van der Waals surface area contributed by atoms with Gasteiger partial charge in [0, 0.05) is 5.41 Å². The molecule has 2 heteroatoms. The Labute approximate surface area is 65.7 Å². The maximum Gasteiger partial charge on any atom is 0.227 e. The molecule has 1 nitrogen and oxygen atoms in total. The number of halogens is 1. The molecule has 0 unspecified atom stereocenters. The van der Waals surface area contributed by atoms with Gasteiger partial charge in [0.1, 0.15) is 0 Å². The van der Waals surface area contributed by atoms with Crippen LogP contribution in [0.5, 0.6) is 0 Å². The van der Waals surface area contributed by atoms with E-state index in [9.17, 15) is 4.79 Å². The average molecular weight is 159 g/mol. The maximum atomic E-state index is 10.8. The Bertz CT molecular complexity index is 178. The molecule has 0 saturated heterocycles. The van der Waals surface area contributed by atoms with E-state index in [-0.39, 0.29) is 10.7 Å². The Morgan fingerprint density at radius 3 is 2.30 bits per heavy atom. The molecule has 0 spiro atoms. The van der Waals surface area contributed by atoms with Gasteiger partial charge in [-0.05, 0) is 36.3 Å². The molecule has 0 aromatic heterocycles. The van der Waals surface area contributed by atoms with Gasteiger partial charge >= 0.3 is 0 Å². The SMILES string of the molecule is CCC12CC(C(=O)Cl)(C1)C2. The molecule has 3 rings (SSSR count). The molecule has 0 amide bonds. The molecule has 2 bridgehead atoms. The van der Waals surface area contributed by atoms with Gasteiger partial charge in [0.15, 0.2) is 0 Å². The standard InChI is InChI=1S/C8H11ClO/c1-2-7-3-8(4-7,5-7)6(9)10/h2-5H2,1H3. The van der Waals surface area contributed by atoms with Crippen molar-refractivity contribution in [3.8, 4) is 0 Å². The molecule has 0 N–H and O–H groups in total. The Morgan fingerprint density at radius 2 is 2.00 bits per heavy atom. The lowest BCUT2D eigenvalue weighted by Crippen LogP contribution is -2.63. The molecule has 0 radical (unpaired) electrons. The number of hydrogen-bond acceptors (Lipinski definition) is 1. The monoisotopic (exact) mass is 158 g/mol. The molecule has 3 fully saturated rings. The zero-order chi connectivity index (χ0) is 7.41. The zero-order valence-electron chi connectivity index (χ0n) is 6.11. The Morgan fingerprint density at radius 1 is 1.50 bits per heavy atom. The Kier molecular flexibility index (Phi) is 1.05. The summed E-state index contributed by atoms with van der Waals surface area (Å²) in [6, 6.07) is 0. The minimum Gasteiger partial charge on any atom is -0.281 e. The first-order valence-electron chi connectivity index (χ1n) is 3.83. The number of carbonyl (C=O) groups is 1. The third-order valence-electron chi connectivity index (χ3n) is 3.31. The second-order valence-corrected chi connectivity index (χ2v) is 4.28. The fourth-order valence-electron chi connectivity index (χ4n) is 2.58. The van der Waals surface area contributed by atoms with Crippen molar-refractivity contribution >= 4 is 16.8 Å². The summed E-state index contributed by atoms with van der Waals surface area (Å²) < 4.78 is 0. The van der Waals surface area contributed by atoms with Crippen LogP contribution in [0.15, 0.2) is 0 Å². The minimum atomic E-state index is -0.0946. The van der Waals surface area contributed by atoms with Gasteiger partial charge in [-0.1, -0.05) is 13.3 Å². The van der Waals surface area contributed by atoms with Gasteiger partial charge < -0.3 is 0 Å². The maximum absolute atomic E-state index is 10.8. The summed E-state index contributed by atoms with van der Waals surface area (Å²) in [6.07, 6.45) is 4.43. The molecule has 56 valence electrons. The third kappa shape index (κ3) is 0.531. The van der Waals surface area contributed by atoms with E-state index in [1.54, 1.807) is 0 Å². The van der Waals surface area contributed by atoms with E-state index >= 15 is 0 Å². The largest absolute Gasteiger partial charge is 0.281 e. The van der Waals surface area contributed by atoms with Gasteiger partial charge in [-0.15, -0.1) is 0 Å². The molecule has 3 aliphatic carbocycles. The van der Waals surface area contributed by atoms with Crippen molar-refractivity contribution in [1.29, 1.82) is 0 Å². The lowest BCUT2D eigenvalue weighted by Gasteiger charge is -2.69. The number of carbonyl (C=O) groups excluding carboxylic acids is 1. The summed E-state index contributed by atoms with van der Waals surface area (Å²) >= 11 is 5.44. The zero-order valence-corrected chi connectivity index (χ0v) is 6.87. The van der Waals surface area contributed by atoms with Crippen LogP contribution in [0.25, 0.3) is 0 Å². The van der Waals surface area contributed by atoms with Gasteiger partial charge in [-0.2, -0.15) is 0 Å². The van der Waals surface area contributed by atoms with Crippen molar-refractivity contribution in [3.63, 3.8) is 0 Å². The first-order valence-corrected chi connectivity index (χ1v) is 4.20. The van der Waals surface area contributed by atoms with Crippen molar-refractivity contribution < 1.29 is 4.79 Å². The van der Waals surface area contributed by atoms with Crippen molar-refractivity contribution in [2.24, 2.45) is 10.8 Å². The smallest absolute Gasteiger partial charge is 0.227 e. The first kappa shape index (κ1) is 6.66. The molecular formula is C8H11ClO. The van der Waals surface area contributed by atoms with Crippen LogP contribution in [0.4, 0.5) is 0 Å². The van der Waals surface area contributed by atoms with Crippen LogP contribution < -0.4 is 0 Å². The highest BCUT2D eigenvalue weighted by atomic mass is 35.5. The van der Waals surface area contributed by atoms with Crippen molar-refractivity contribution in [2.45, 2.75) is 32.6 Å². The highest BCUT2D eigenvalue weighted by molar-refractivity contribution is 6.65. The fourth-order valence-corrected chi connectivity index (χ4v) is 2.78. The van der Waals surface area contributed by atoms with Gasteiger partial charge in [0.2, 0.25) is 5.24 Å². The Balaban J connectivity index is 2.04. The van der Waals surface area contributed by atoms with Crippen LogP contribution in [0.1, 0.15) is 32.6 Å². The molecule has 10 heavy (non-hydrogen) atoms. The van der Waals surface area contributed by atoms with Gasteiger partial charge in [-0.25, -0.2) is 0 Å². The molecule has 0 heterocycles. The molecule has 0 aromatic carbocycles. The van der Waals surface area contributed by atoms with Crippen molar-refractivity contribution in [2.75, 3.05) is 0 Å². The van der Waals surface area contributed by atoms with Crippen molar-refractivity contribution in [1.82, 2.24) is 0 Å². The predicted molar refractivity (Wildman–Crippen MR) is 39.9 cm³/mol. The highest BCUT2D eigenvalue weighted by Crippen LogP contribution is 2.75. The lowest BCUT2D eigenvalue weighted by atomic mass is 9.35. The number of hydrogen-bond donors (Lipinski definition) is 0. The topological polar surface area (TPSA) is 17.1 Å². The normalized spacial score (nSPS) is 49.4. The summed E-state index contributed by atoms with van der Waals surface area (Å²) in [5, 5.41) is -0.0946. The van der Waals surface area contributed by atoms with E-state index in [4.69, 9.17) is 11.6 Å². The van der Waals surface area contributed by atoms with E-state index in [0.29, 0.717) is 5.41 Å². The summed E-state index contributed by atoms with van der Waals surface area (Å²) in [6.45, 7) is 2.20. The van der Waals surface area contributed by atoms with E-state index in [0.717, 1.165) is 19.3 Å². The summed E-state index contributed by atoms with van der Waals surface area (Å²) in [5.41, 5.74) is 0.502. The summed E-state index contributed by atoms with van der Waals surface area (Å²) in [4.78, 5) is 10.8. The predicted octanol–water partition coefficient (Wildman–Crippen LogP) is 2.33. The second kappa shape index (κ2) is 1.58. The second-order valence-electron chi connectivity index (χ2n) is 3.94. The van der Waals surface area contributed by atoms with Crippen molar-refractivity contribution in [3.05, 3.63) is 0 Å². The van der Waals surface area contributed by atoms with E-state index in [2.05, 4.69) is 6.92 Å². The van der Waals surface area contributed by atoms with Crippen LogP contribution in [0.2, 0.25) is 0 Å². The van der Waals surface area contributed by atoms with Gasteiger partial charge in [-0.3, -0.25) is 4.79 Å². The van der Waals surface area contributed by atoms with E-state index < -0.39 is 0 Å². The lowest BCUT2D eigenvalue weighted by molar-refractivity contribution is -0.198. The summed E-state index contributed by atoms with van der Waals surface area (Å²) in [7, 11) is 0. The molecule has 0 atom stereocenters. The molecule has 3 saturated carbocycles. The van der Waals surface area contributed by atoms with Gasteiger partial charge in [0.25, 0.3) is 0 Å².